The molecule has 0 radical (unpaired) electrons. The van der Waals surface area contributed by atoms with Crippen molar-refractivity contribution >= 4 is 0 Å². The molecule has 0 fully saturated rings. The van der Waals surface area contributed by atoms with E-state index in [1.54, 1.807) is 27.7 Å². The molecule has 0 aliphatic rings. The minimum atomic E-state index is -0.839. The van der Waals surface area contributed by atoms with Gasteiger partial charge in [0.15, 0.2) is 11.1 Å². The smallest absolute Gasteiger partial charge is 0.162 e. The second-order valence-electron chi connectivity index (χ2n) is 6.11. The van der Waals surface area contributed by atoms with Gasteiger partial charge in [0.25, 0.3) is 0 Å². The highest BCUT2D eigenvalue weighted by atomic mass is 17.0. The van der Waals surface area contributed by atoms with Gasteiger partial charge < -0.3 is 0 Å². The highest BCUT2D eigenvalue weighted by Crippen LogP contribution is 2.13. The van der Waals surface area contributed by atoms with E-state index in [0.29, 0.717) is 5.92 Å². The minimum absolute atomic E-state index is 0.659. The molecule has 0 spiro atoms. The van der Waals surface area contributed by atoms with Crippen LogP contribution in [0, 0.1) is 22.7 Å². The van der Waals surface area contributed by atoms with Crippen LogP contribution in [0.1, 0.15) is 53.0 Å². The topological polar surface area (TPSA) is 113 Å². The third-order valence-electron chi connectivity index (χ3n) is 2.56. The van der Waals surface area contributed by atoms with Gasteiger partial charge in [0.1, 0.15) is 0 Å². The van der Waals surface area contributed by atoms with Gasteiger partial charge in [-0.05, 0) is 39.2 Å². The molecule has 6 heteroatoms. The Morgan fingerprint density at radius 2 is 1.22 bits per heavy atom. The molecule has 6 nitrogen and oxygen atoms in total. The third-order valence-corrected chi connectivity index (χ3v) is 2.56. The zero-order chi connectivity index (χ0) is 18.5. The Hall–Kier alpha value is -2.28. The number of azo groups is 1. The van der Waals surface area contributed by atoms with Gasteiger partial charge in [-0.2, -0.15) is 20.8 Å². The van der Waals surface area contributed by atoms with Crippen LogP contribution in [0.3, 0.4) is 0 Å². The normalized spacial score (nSPS) is 10.7. The van der Waals surface area contributed by atoms with Crippen LogP contribution in [0.2, 0.25) is 0 Å². The summed E-state index contributed by atoms with van der Waals surface area (Å²) in [6.07, 6.45) is 0. The lowest BCUT2D eigenvalue weighted by atomic mass is 10.0. The number of hydrogen-bond acceptors (Lipinski definition) is 6. The van der Waals surface area contributed by atoms with Crippen LogP contribution in [-0.4, -0.2) is 21.6 Å². The molecule has 0 amide bonds. The second-order valence-corrected chi connectivity index (χ2v) is 6.11. The van der Waals surface area contributed by atoms with E-state index in [2.05, 4.69) is 48.3 Å². The maximum Gasteiger partial charge on any atom is 0.162 e. The van der Waals surface area contributed by atoms with Gasteiger partial charge >= 0.3 is 0 Å². The summed E-state index contributed by atoms with van der Waals surface area (Å²) in [6, 6.07) is 14.5. The molecule has 0 unspecified atom stereocenters. The summed E-state index contributed by atoms with van der Waals surface area (Å²) in [7, 11) is 0. The first kappa shape index (κ1) is 23.0. The lowest BCUT2D eigenvalue weighted by Gasteiger charge is -2.11. The summed E-state index contributed by atoms with van der Waals surface area (Å²) in [5.74, 6) is 0.659. The molecule has 2 N–H and O–H groups in total. The standard InChI is InChI=1S/C9H12.C8H12N4.H2O2/c1-8(2)9-6-4-3-5-7-9;1-7(2,5-9)11-12-8(3,4)6-10;1-2/h3-8H,1-2H3;1-4H3;1-2H. The highest BCUT2D eigenvalue weighted by Gasteiger charge is 2.19. The fourth-order valence-electron chi connectivity index (χ4n) is 1.13. The molecule has 0 aliphatic heterocycles. The SMILES string of the molecule is CC(C)(C#N)N=NC(C)(C)C#N.CC(C)c1ccccc1.OO. The van der Waals surface area contributed by atoms with Gasteiger partial charge in [0.05, 0.1) is 12.1 Å². The minimum Gasteiger partial charge on any atom is -0.255 e. The molecule has 0 bridgehead atoms. The summed E-state index contributed by atoms with van der Waals surface area (Å²) in [5, 5.41) is 36.7. The summed E-state index contributed by atoms with van der Waals surface area (Å²) >= 11 is 0. The van der Waals surface area contributed by atoms with Crippen molar-refractivity contribution in [2.45, 2.75) is 58.5 Å². The summed E-state index contributed by atoms with van der Waals surface area (Å²) in [6.45, 7) is 11.0. The molecule has 1 aromatic rings. The Morgan fingerprint density at radius 3 is 1.43 bits per heavy atom. The molecule has 23 heavy (non-hydrogen) atoms. The van der Waals surface area contributed by atoms with Crippen LogP contribution in [0.15, 0.2) is 40.6 Å². The average Bonchev–Trinajstić information content (AvgIpc) is 2.56. The quantitative estimate of drug-likeness (QED) is 0.470. The van der Waals surface area contributed by atoms with Crippen molar-refractivity contribution < 1.29 is 10.5 Å². The van der Waals surface area contributed by atoms with E-state index < -0.39 is 11.1 Å². The zero-order valence-electron chi connectivity index (χ0n) is 14.6. The summed E-state index contributed by atoms with van der Waals surface area (Å²) in [5.41, 5.74) is -0.264. The molecule has 1 rings (SSSR count). The van der Waals surface area contributed by atoms with E-state index >= 15 is 0 Å². The third kappa shape index (κ3) is 12.0. The molecule has 0 aliphatic carbocycles. The number of nitrogens with zero attached hydrogens (tertiary/aromatic N) is 4. The summed E-state index contributed by atoms with van der Waals surface area (Å²) in [4.78, 5) is 0. The van der Waals surface area contributed by atoms with Crippen LogP contribution in [0.25, 0.3) is 0 Å². The van der Waals surface area contributed by atoms with E-state index in [1.807, 2.05) is 18.2 Å². The van der Waals surface area contributed by atoms with E-state index in [-0.39, 0.29) is 0 Å². The fraction of sp³-hybridized carbons (Fsp3) is 0.529. The zero-order valence-corrected chi connectivity index (χ0v) is 14.6. The maximum atomic E-state index is 8.58. The molecular weight excluding hydrogens is 292 g/mol. The van der Waals surface area contributed by atoms with Crippen molar-refractivity contribution in [3.63, 3.8) is 0 Å². The van der Waals surface area contributed by atoms with Gasteiger partial charge in [-0.1, -0.05) is 44.2 Å². The molecule has 126 valence electrons. The molecule has 0 aromatic heterocycles. The van der Waals surface area contributed by atoms with E-state index in [1.165, 1.54) is 5.56 Å². The van der Waals surface area contributed by atoms with Crippen LogP contribution >= 0.6 is 0 Å². The number of rotatable bonds is 3. The molecule has 0 saturated carbocycles. The van der Waals surface area contributed by atoms with Crippen LogP contribution in [0.4, 0.5) is 0 Å². The molecule has 1 aromatic carbocycles. The first-order chi connectivity index (χ1) is 10.6. The van der Waals surface area contributed by atoms with Crippen molar-refractivity contribution in [1.29, 1.82) is 10.5 Å². The number of benzene rings is 1. The lowest BCUT2D eigenvalue weighted by Crippen LogP contribution is -2.17. The van der Waals surface area contributed by atoms with Crippen LogP contribution < -0.4 is 0 Å². The Balaban J connectivity index is 0. The Bertz CT molecular complexity index is 510. The van der Waals surface area contributed by atoms with Crippen LogP contribution in [0.5, 0.6) is 0 Å². The van der Waals surface area contributed by atoms with Gasteiger partial charge in [-0.25, -0.2) is 0 Å². The van der Waals surface area contributed by atoms with Crippen molar-refractivity contribution in [3.05, 3.63) is 35.9 Å². The fourth-order valence-corrected chi connectivity index (χ4v) is 1.13. The van der Waals surface area contributed by atoms with Crippen LogP contribution in [-0.2, 0) is 0 Å². The van der Waals surface area contributed by atoms with E-state index in [9.17, 15) is 0 Å². The van der Waals surface area contributed by atoms with Crippen molar-refractivity contribution in [3.8, 4) is 12.1 Å². The highest BCUT2D eigenvalue weighted by molar-refractivity contribution is 5.17. The van der Waals surface area contributed by atoms with Crippen molar-refractivity contribution in [1.82, 2.24) is 0 Å². The first-order valence-corrected chi connectivity index (χ1v) is 7.15. The predicted molar refractivity (Wildman–Crippen MR) is 90.0 cm³/mol. The van der Waals surface area contributed by atoms with Gasteiger partial charge in [-0.3, -0.25) is 10.5 Å². The maximum absolute atomic E-state index is 8.58. The monoisotopic (exact) mass is 318 g/mol. The Labute approximate surface area is 138 Å². The number of hydrogen-bond donors (Lipinski definition) is 2. The first-order valence-electron chi connectivity index (χ1n) is 7.15. The predicted octanol–water partition coefficient (Wildman–Crippen LogP) is 4.87. The van der Waals surface area contributed by atoms with Gasteiger partial charge in [-0.15, -0.1) is 0 Å². The second kappa shape index (κ2) is 11.3. The summed E-state index contributed by atoms with van der Waals surface area (Å²) < 4.78 is 0. The van der Waals surface area contributed by atoms with Crippen molar-refractivity contribution in [2.75, 3.05) is 0 Å². The number of nitriles is 2. The van der Waals surface area contributed by atoms with E-state index in [4.69, 9.17) is 21.0 Å². The van der Waals surface area contributed by atoms with Gasteiger partial charge in [0.2, 0.25) is 0 Å². The Kier molecular flexibility index (Phi) is 11.3. The molecular formula is C17H26N4O2. The Morgan fingerprint density at radius 1 is 0.870 bits per heavy atom. The average molecular weight is 318 g/mol. The molecule has 0 heterocycles. The largest absolute Gasteiger partial charge is 0.255 e. The lowest BCUT2D eigenvalue weighted by molar-refractivity contribution is -0.176. The van der Waals surface area contributed by atoms with Gasteiger partial charge in [0, 0.05) is 0 Å². The van der Waals surface area contributed by atoms with Crippen molar-refractivity contribution in [2.24, 2.45) is 10.2 Å². The van der Waals surface area contributed by atoms with E-state index in [0.717, 1.165) is 0 Å². The molecule has 0 saturated heterocycles. The molecule has 0 atom stereocenters.